The van der Waals surface area contributed by atoms with Crippen molar-refractivity contribution in [2.24, 2.45) is 5.92 Å². The normalized spacial score (nSPS) is 14.9. The van der Waals surface area contributed by atoms with Gasteiger partial charge in [0.05, 0.1) is 4.88 Å². The second-order valence-electron chi connectivity index (χ2n) is 6.71. The Morgan fingerprint density at radius 1 is 1.11 bits per heavy atom. The number of thiazole rings is 1. The third-order valence-corrected chi connectivity index (χ3v) is 5.98. The molecular formula is C21H22N4OS. The Labute approximate surface area is 163 Å². The van der Waals surface area contributed by atoms with Gasteiger partial charge < -0.3 is 10.2 Å². The van der Waals surface area contributed by atoms with Gasteiger partial charge >= 0.3 is 0 Å². The predicted octanol–water partition coefficient (Wildman–Crippen LogP) is 3.74. The number of carbonyl (C=O) groups excluding carboxylic acids is 1. The molecule has 0 saturated carbocycles. The van der Waals surface area contributed by atoms with E-state index < -0.39 is 0 Å². The van der Waals surface area contributed by atoms with E-state index in [2.05, 4.69) is 32.3 Å². The van der Waals surface area contributed by atoms with Crippen LogP contribution in [0.1, 0.15) is 18.4 Å². The van der Waals surface area contributed by atoms with E-state index in [9.17, 15) is 4.79 Å². The van der Waals surface area contributed by atoms with Crippen molar-refractivity contribution in [3.63, 3.8) is 0 Å². The molecule has 5 nitrogen and oxygen atoms in total. The number of aromatic nitrogens is 2. The second-order valence-corrected chi connectivity index (χ2v) is 7.72. The van der Waals surface area contributed by atoms with Crippen LogP contribution in [0, 0.1) is 5.92 Å². The lowest BCUT2D eigenvalue weighted by atomic mass is 9.96. The molecule has 0 spiro atoms. The number of rotatable bonds is 5. The molecule has 0 unspecified atom stereocenters. The van der Waals surface area contributed by atoms with Crippen LogP contribution in [0.4, 0.5) is 5.13 Å². The fourth-order valence-electron chi connectivity index (χ4n) is 3.32. The molecule has 1 N–H and O–H groups in total. The number of carbonyl (C=O) groups is 1. The van der Waals surface area contributed by atoms with Crippen LogP contribution in [0.3, 0.4) is 0 Å². The quantitative estimate of drug-likeness (QED) is 0.735. The highest BCUT2D eigenvalue weighted by molar-refractivity contribution is 7.18. The van der Waals surface area contributed by atoms with Gasteiger partial charge in [-0.1, -0.05) is 47.7 Å². The number of hydrogen-bond donors (Lipinski definition) is 1. The maximum absolute atomic E-state index is 12.4. The molecule has 4 rings (SSSR count). The van der Waals surface area contributed by atoms with Gasteiger partial charge in [-0.05, 0) is 30.0 Å². The van der Waals surface area contributed by atoms with E-state index >= 15 is 0 Å². The van der Waals surface area contributed by atoms with Crippen LogP contribution in [0.2, 0.25) is 0 Å². The Kier molecular flexibility index (Phi) is 5.44. The second kappa shape index (κ2) is 8.31. The molecule has 1 aromatic carbocycles. The number of nitrogens with zero attached hydrogens (tertiary/aromatic N) is 3. The third kappa shape index (κ3) is 4.34. The van der Waals surface area contributed by atoms with Gasteiger partial charge in [-0.3, -0.25) is 9.78 Å². The number of amides is 1. The van der Waals surface area contributed by atoms with E-state index in [-0.39, 0.29) is 11.8 Å². The van der Waals surface area contributed by atoms with Gasteiger partial charge in [0.25, 0.3) is 0 Å². The van der Waals surface area contributed by atoms with Crippen LogP contribution in [0.15, 0.2) is 61.1 Å². The molecule has 3 heterocycles. The first-order chi connectivity index (χ1) is 13.3. The van der Waals surface area contributed by atoms with Crippen LogP contribution in [-0.2, 0) is 11.3 Å². The van der Waals surface area contributed by atoms with E-state index in [1.807, 2.05) is 36.5 Å². The highest BCUT2D eigenvalue weighted by atomic mass is 32.1. The van der Waals surface area contributed by atoms with E-state index in [1.165, 1.54) is 10.4 Å². The molecule has 138 valence electrons. The van der Waals surface area contributed by atoms with E-state index in [4.69, 9.17) is 0 Å². The molecule has 1 fully saturated rings. The molecule has 0 aliphatic carbocycles. The molecule has 0 atom stereocenters. The largest absolute Gasteiger partial charge is 0.352 e. The Morgan fingerprint density at radius 3 is 2.67 bits per heavy atom. The smallest absolute Gasteiger partial charge is 0.223 e. The fraction of sp³-hybridized carbons (Fsp3) is 0.286. The fourth-order valence-corrected chi connectivity index (χ4v) is 4.29. The average Bonchev–Trinajstić information content (AvgIpc) is 3.24. The van der Waals surface area contributed by atoms with Gasteiger partial charge in [0, 0.05) is 44.1 Å². The summed E-state index contributed by atoms with van der Waals surface area (Å²) in [6.45, 7) is 2.28. The summed E-state index contributed by atoms with van der Waals surface area (Å²) in [7, 11) is 0. The molecule has 27 heavy (non-hydrogen) atoms. The van der Waals surface area contributed by atoms with Crippen LogP contribution in [-0.4, -0.2) is 29.0 Å². The lowest BCUT2D eigenvalue weighted by molar-refractivity contribution is -0.125. The summed E-state index contributed by atoms with van der Waals surface area (Å²) in [5.74, 6) is 0.217. The lowest BCUT2D eigenvalue weighted by Crippen LogP contribution is -2.40. The molecule has 0 bridgehead atoms. The molecule has 1 amide bonds. The van der Waals surface area contributed by atoms with Gasteiger partial charge in [-0.25, -0.2) is 4.98 Å². The van der Waals surface area contributed by atoms with Crippen molar-refractivity contribution in [1.82, 2.24) is 15.3 Å². The Bertz CT molecular complexity index is 873. The summed E-state index contributed by atoms with van der Waals surface area (Å²) >= 11 is 1.72. The monoisotopic (exact) mass is 378 g/mol. The summed E-state index contributed by atoms with van der Waals surface area (Å²) in [5.41, 5.74) is 2.23. The van der Waals surface area contributed by atoms with E-state index in [0.717, 1.165) is 36.6 Å². The molecule has 6 heteroatoms. The highest BCUT2D eigenvalue weighted by Gasteiger charge is 2.26. The SMILES string of the molecule is O=C(NCc1cccnc1)C1CCN(c2ncc(-c3ccccc3)s2)CC1. The Balaban J connectivity index is 1.30. The average molecular weight is 379 g/mol. The van der Waals surface area contributed by atoms with Crippen molar-refractivity contribution in [2.45, 2.75) is 19.4 Å². The first-order valence-corrected chi connectivity index (χ1v) is 10.0. The number of piperidine rings is 1. The van der Waals surface area contributed by atoms with Crippen LogP contribution < -0.4 is 10.2 Å². The van der Waals surface area contributed by atoms with Gasteiger partial charge in [0.2, 0.25) is 5.91 Å². The van der Waals surface area contributed by atoms with Crippen molar-refractivity contribution >= 4 is 22.4 Å². The minimum atomic E-state index is 0.0754. The summed E-state index contributed by atoms with van der Waals surface area (Å²) in [6.07, 6.45) is 7.19. The minimum Gasteiger partial charge on any atom is -0.352 e. The zero-order valence-electron chi connectivity index (χ0n) is 15.0. The van der Waals surface area contributed by atoms with Gasteiger partial charge in [0.1, 0.15) is 0 Å². The molecule has 0 radical (unpaired) electrons. The van der Waals surface area contributed by atoms with Crippen molar-refractivity contribution in [1.29, 1.82) is 0 Å². The highest BCUT2D eigenvalue weighted by Crippen LogP contribution is 2.33. The van der Waals surface area contributed by atoms with E-state index in [0.29, 0.717) is 6.54 Å². The summed E-state index contributed by atoms with van der Waals surface area (Å²) in [6, 6.07) is 14.2. The van der Waals surface area contributed by atoms with Crippen LogP contribution in [0.5, 0.6) is 0 Å². The summed E-state index contributed by atoms with van der Waals surface area (Å²) < 4.78 is 0. The van der Waals surface area contributed by atoms with Gasteiger partial charge in [-0.15, -0.1) is 0 Å². The minimum absolute atomic E-state index is 0.0754. The zero-order chi connectivity index (χ0) is 18.5. The van der Waals surface area contributed by atoms with Crippen LogP contribution in [0.25, 0.3) is 10.4 Å². The molecule has 3 aromatic rings. The first-order valence-electron chi connectivity index (χ1n) is 9.22. The van der Waals surface area contributed by atoms with Crippen LogP contribution >= 0.6 is 11.3 Å². The Hall–Kier alpha value is -2.73. The lowest BCUT2D eigenvalue weighted by Gasteiger charge is -2.31. The zero-order valence-corrected chi connectivity index (χ0v) is 15.9. The van der Waals surface area contributed by atoms with E-state index in [1.54, 1.807) is 23.7 Å². The maximum atomic E-state index is 12.4. The van der Waals surface area contributed by atoms with Crippen molar-refractivity contribution in [3.8, 4) is 10.4 Å². The molecular weight excluding hydrogens is 356 g/mol. The molecule has 1 aliphatic rings. The summed E-state index contributed by atoms with van der Waals surface area (Å²) in [5, 5.41) is 4.08. The number of pyridine rings is 1. The summed E-state index contributed by atoms with van der Waals surface area (Å²) in [4.78, 5) is 24.6. The molecule has 1 aliphatic heterocycles. The standard InChI is InChI=1S/C21H22N4OS/c26-20(23-14-16-5-4-10-22-13-16)18-8-11-25(12-9-18)21-24-15-19(27-21)17-6-2-1-3-7-17/h1-7,10,13,15,18H,8-9,11-12,14H2,(H,23,26). The topological polar surface area (TPSA) is 58.1 Å². The first kappa shape index (κ1) is 17.7. The number of hydrogen-bond acceptors (Lipinski definition) is 5. The number of anilines is 1. The number of benzene rings is 1. The van der Waals surface area contributed by atoms with Crippen molar-refractivity contribution in [2.75, 3.05) is 18.0 Å². The molecule has 1 saturated heterocycles. The van der Waals surface area contributed by atoms with Gasteiger partial charge in [-0.2, -0.15) is 0 Å². The maximum Gasteiger partial charge on any atom is 0.223 e. The Morgan fingerprint density at radius 2 is 1.93 bits per heavy atom. The molecule has 2 aromatic heterocycles. The number of nitrogens with one attached hydrogen (secondary N) is 1. The van der Waals surface area contributed by atoms with Gasteiger partial charge in [0.15, 0.2) is 5.13 Å². The predicted molar refractivity (Wildman–Crippen MR) is 109 cm³/mol. The van der Waals surface area contributed by atoms with Crippen molar-refractivity contribution < 1.29 is 4.79 Å². The van der Waals surface area contributed by atoms with Crippen molar-refractivity contribution in [3.05, 3.63) is 66.6 Å². The third-order valence-electron chi connectivity index (χ3n) is 4.88.